The molecule has 1 atom stereocenters. The number of aliphatic hydroxyl groups excluding tert-OH is 1. The van der Waals surface area contributed by atoms with Crippen molar-refractivity contribution < 1.29 is 9.90 Å². The molecule has 0 aliphatic carbocycles. The van der Waals surface area contributed by atoms with Crippen LogP contribution < -0.4 is 0 Å². The monoisotopic (exact) mass is 242 g/mol. The Morgan fingerprint density at radius 1 is 1.39 bits per heavy atom. The van der Waals surface area contributed by atoms with Gasteiger partial charge in [0.15, 0.2) is 0 Å². The number of carbonyl (C=O) groups is 1. The summed E-state index contributed by atoms with van der Waals surface area (Å²) in [5.74, 6) is -0.239. The minimum Gasteiger partial charge on any atom is -0.384 e. The second-order valence-electron chi connectivity index (χ2n) is 4.66. The Kier molecular flexibility index (Phi) is 2.52. The fourth-order valence-corrected chi connectivity index (χ4v) is 2.34. The van der Waals surface area contributed by atoms with Crippen LogP contribution in [-0.4, -0.2) is 27.0 Å². The number of fused-ring (bicyclic) bond motifs is 2. The van der Waals surface area contributed by atoms with Crippen LogP contribution in [0.1, 0.15) is 18.2 Å². The third-order valence-corrected chi connectivity index (χ3v) is 3.26. The minimum atomic E-state index is -0.950. The highest BCUT2D eigenvalue weighted by Crippen LogP contribution is 2.25. The summed E-state index contributed by atoms with van der Waals surface area (Å²) >= 11 is 0. The molecule has 0 unspecified atom stereocenters. The van der Waals surface area contributed by atoms with Crippen LogP contribution in [0.3, 0.4) is 0 Å². The summed E-state index contributed by atoms with van der Waals surface area (Å²) in [7, 11) is 0. The molecule has 18 heavy (non-hydrogen) atoms. The van der Waals surface area contributed by atoms with E-state index < -0.39 is 6.10 Å². The molecule has 1 aromatic heterocycles. The van der Waals surface area contributed by atoms with Gasteiger partial charge in [-0.25, -0.2) is 0 Å². The number of rotatable bonds is 1. The van der Waals surface area contributed by atoms with Gasteiger partial charge in [-0.3, -0.25) is 9.78 Å². The van der Waals surface area contributed by atoms with E-state index in [-0.39, 0.29) is 5.91 Å². The maximum atomic E-state index is 11.8. The van der Waals surface area contributed by atoms with Crippen molar-refractivity contribution in [3.8, 4) is 0 Å². The number of nitrogens with zero attached hydrogens (tertiary/aromatic N) is 2. The molecule has 0 saturated heterocycles. The third-order valence-electron chi connectivity index (χ3n) is 3.26. The molecule has 2 heterocycles. The number of benzene rings is 1. The summed E-state index contributed by atoms with van der Waals surface area (Å²) < 4.78 is 0. The quantitative estimate of drug-likeness (QED) is 0.823. The van der Waals surface area contributed by atoms with E-state index >= 15 is 0 Å². The van der Waals surface area contributed by atoms with Crippen LogP contribution in [0.4, 0.5) is 0 Å². The SMILES string of the molecule is C[C@@H](O)C(=O)N1Cc2cc3ccccc3nc2C1. The van der Waals surface area contributed by atoms with E-state index in [9.17, 15) is 9.90 Å². The molecule has 0 saturated carbocycles. The molecular weight excluding hydrogens is 228 g/mol. The predicted octanol–water partition coefficient (Wildman–Crippen LogP) is 1.46. The second kappa shape index (κ2) is 4.07. The Morgan fingerprint density at radius 2 is 2.17 bits per heavy atom. The Morgan fingerprint density at radius 3 is 2.94 bits per heavy atom. The molecular formula is C14H14N2O2. The van der Waals surface area contributed by atoms with Crippen LogP contribution in [0, 0.1) is 0 Å². The number of hydrogen-bond donors (Lipinski definition) is 1. The van der Waals surface area contributed by atoms with Crippen molar-refractivity contribution in [2.75, 3.05) is 0 Å². The molecule has 4 heteroatoms. The second-order valence-corrected chi connectivity index (χ2v) is 4.66. The zero-order valence-corrected chi connectivity index (χ0v) is 10.1. The molecule has 0 spiro atoms. The highest BCUT2D eigenvalue weighted by Gasteiger charge is 2.26. The van der Waals surface area contributed by atoms with Crippen molar-refractivity contribution in [3.63, 3.8) is 0 Å². The maximum Gasteiger partial charge on any atom is 0.251 e. The van der Waals surface area contributed by atoms with Crippen molar-refractivity contribution in [2.24, 2.45) is 0 Å². The van der Waals surface area contributed by atoms with Gasteiger partial charge in [0.05, 0.1) is 17.8 Å². The molecule has 3 rings (SSSR count). The molecule has 1 aromatic carbocycles. The van der Waals surface area contributed by atoms with Gasteiger partial charge in [0.2, 0.25) is 0 Å². The van der Waals surface area contributed by atoms with Gasteiger partial charge in [0, 0.05) is 11.9 Å². The van der Waals surface area contributed by atoms with E-state index in [4.69, 9.17) is 0 Å². The summed E-state index contributed by atoms with van der Waals surface area (Å²) in [4.78, 5) is 18.0. The van der Waals surface area contributed by atoms with Gasteiger partial charge in [-0.1, -0.05) is 18.2 Å². The van der Waals surface area contributed by atoms with Crippen molar-refractivity contribution in [1.82, 2.24) is 9.88 Å². The van der Waals surface area contributed by atoms with Gasteiger partial charge < -0.3 is 10.0 Å². The first kappa shape index (κ1) is 11.2. The molecule has 1 aliphatic rings. The lowest BCUT2D eigenvalue weighted by Gasteiger charge is -2.16. The van der Waals surface area contributed by atoms with Crippen LogP contribution in [0.5, 0.6) is 0 Å². The van der Waals surface area contributed by atoms with Gasteiger partial charge in [0.25, 0.3) is 5.91 Å². The van der Waals surface area contributed by atoms with Crippen molar-refractivity contribution >= 4 is 16.8 Å². The Labute approximate surface area is 105 Å². The summed E-state index contributed by atoms with van der Waals surface area (Å²) in [5.41, 5.74) is 2.95. The largest absolute Gasteiger partial charge is 0.384 e. The van der Waals surface area contributed by atoms with E-state index in [1.54, 1.807) is 4.90 Å². The lowest BCUT2D eigenvalue weighted by atomic mass is 10.1. The van der Waals surface area contributed by atoms with Crippen LogP contribution >= 0.6 is 0 Å². The number of pyridine rings is 1. The predicted molar refractivity (Wildman–Crippen MR) is 67.7 cm³/mol. The normalized spacial score (nSPS) is 15.8. The number of amides is 1. The van der Waals surface area contributed by atoms with E-state index in [0.29, 0.717) is 13.1 Å². The van der Waals surface area contributed by atoms with Crippen molar-refractivity contribution in [1.29, 1.82) is 0 Å². The van der Waals surface area contributed by atoms with Crippen LogP contribution in [-0.2, 0) is 17.9 Å². The number of aromatic nitrogens is 1. The molecule has 2 aromatic rings. The maximum absolute atomic E-state index is 11.8. The van der Waals surface area contributed by atoms with Gasteiger partial charge in [-0.15, -0.1) is 0 Å². The summed E-state index contributed by atoms with van der Waals surface area (Å²) in [5, 5.41) is 10.4. The van der Waals surface area contributed by atoms with E-state index in [1.165, 1.54) is 6.92 Å². The zero-order valence-electron chi connectivity index (χ0n) is 10.1. The Hall–Kier alpha value is -1.94. The molecule has 1 aliphatic heterocycles. The van der Waals surface area contributed by atoms with Crippen molar-refractivity contribution in [2.45, 2.75) is 26.1 Å². The fraction of sp³-hybridized carbons (Fsp3) is 0.286. The van der Waals surface area contributed by atoms with Crippen LogP contribution in [0.15, 0.2) is 30.3 Å². The fourth-order valence-electron chi connectivity index (χ4n) is 2.34. The Bertz CT molecular complexity index is 578. The first-order valence-corrected chi connectivity index (χ1v) is 5.99. The average Bonchev–Trinajstić information content (AvgIpc) is 2.77. The summed E-state index contributed by atoms with van der Waals surface area (Å²) in [6.45, 7) is 2.52. The van der Waals surface area contributed by atoms with Gasteiger partial charge in [-0.2, -0.15) is 0 Å². The number of carbonyl (C=O) groups excluding carboxylic acids is 1. The lowest BCUT2D eigenvalue weighted by molar-refractivity contribution is -0.139. The van der Waals surface area contributed by atoms with Crippen LogP contribution in [0.2, 0.25) is 0 Å². The van der Waals surface area contributed by atoms with E-state index in [2.05, 4.69) is 11.1 Å². The number of para-hydroxylation sites is 1. The highest BCUT2D eigenvalue weighted by atomic mass is 16.3. The van der Waals surface area contributed by atoms with E-state index in [1.807, 2.05) is 24.3 Å². The third kappa shape index (κ3) is 1.75. The molecule has 1 amide bonds. The van der Waals surface area contributed by atoms with Crippen molar-refractivity contribution in [3.05, 3.63) is 41.6 Å². The minimum absolute atomic E-state index is 0.239. The average molecular weight is 242 g/mol. The number of hydrogen-bond acceptors (Lipinski definition) is 3. The molecule has 0 bridgehead atoms. The van der Waals surface area contributed by atoms with Crippen LogP contribution in [0.25, 0.3) is 10.9 Å². The smallest absolute Gasteiger partial charge is 0.251 e. The first-order valence-electron chi connectivity index (χ1n) is 5.99. The highest BCUT2D eigenvalue weighted by molar-refractivity contribution is 5.82. The molecule has 1 N–H and O–H groups in total. The van der Waals surface area contributed by atoms with E-state index in [0.717, 1.165) is 22.2 Å². The topological polar surface area (TPSA) is 53.4 Å². The molecule has 92 valence electrons. The van der Waals surface area contributed by atoms with Gasteiger partial charge >= 0.3 is 0 Å². The molecule has 4 nitrogen and oxygen atoms in total. The zero-order chi connectivity index (χ0) is 12.7. The lowest BCUT2D eigenvalue weighted by Crippen LogP contribution is -2.33. The molecule has 0 fully saturated rings. The first-order chi connectivity index (χ1) is 8.65. The van der Waals surface area contributed by atoms with Gasteiger partial charge in [-0.05, 0) is 24.6 Å². The number of aliphatic hydroxyl groups is 1. The Balaban J connectivity index is 1.98. The summed E-state index contributed by atoms with van der Waals surface area (Å²) in [6.07, 6.45) is -0.950. The standard InChI is InChI=1S/C14H14N2O2/c1-9(17)14(18)16-7-11-6-10-4-2-3-5-12(10)15-13(11)8-16/h2-6,9,17H,7-8H2,1H3/t9-/m1/s1. The molecule has 0 radical (unpaired) electrons. The summed E-state index contributed by atoms with van der Waals surface area (Å²) in [6, 6.07) is 9.99. The van der Waals surface area contributed by atoms with Gasteiger partial charge in [0.1, 0.15) is 6.10 Å².